The van der Waals surface area contributed by atoms with E-state index in [0.29, 0.717) is 22.3 Å². The highest BCUT2D eigenvalue weighted by atomic mass is 35.5. The van der Waals surface area contributed by atoms with Crippen LogP contribution < -0.4 is 14.8 Å². The van der Waals surface area contributed by atoms with Gasteiger partial charge in [-0.3, -0.25) is 4.79 Å². The SMILES string of the molecule is COc1ccc(CCNC(=O)COc2cc(Cl)cc(Cl)c2)cc1. The Kier molecular flexibility index (Phi) is 6.56. The van der Waals surface area contributed by atoms with Gasteiger partial charge in [0, 0.05) is 16.6 Å². The molecule has 0 fully saturated rings. The molecule has 1 N–H and O–H groups in total. The number of hydrogen-bond acceptors (Lipinski definition) is 3. The molecule has 122 valence electrons. The van der Waals surface area contributed by atoms with Crippen LogP contribution in [0.4, 0.5) is 0 Å². The number of halogens is 2. The van der Waals surface area contributed by atoms with E-state index in [4.69, 9.17) is 32.7 Å². The molecule has 0 unspecified atom stereocenters. The highest BCUT2D eigenvalue weighted by molar-refractivity contribution is 6.34. The standard InChI is InChI=1S/C17H17Cl2NO3/c1-22-15-4-2-12(3-5-15)6-7-20-17(21)11-23-16-9-13(18)8-14(19)10-16/h2-5,8-10H,6-7,11H2,1H3,(H,20,21). The van der Waals surface area contributed by atoms with E-state index in [-0.39, 0.29) is 12.5 Å². The fourth-order valence-electron chi connectivity index (χ4n) is 1.95. The number of ether oxygens (including phenoxy) is 2. The summed E-state index contributed by atoms with van der Waals surface area (Å²) in [6, 6.07) is 12.5. The third kappa shape index (κ3) is 6.00. The second-order valence-corrected chi connectivity index (χ2v) is 5.71. The van der Waals surface area contributed by atoms with Crippen LogP contribution >= 0.6 is 23.2 Å². The molecule has 0 spiro atoms. The van der Waals surface area contributed by atoms with Crippen LogP contribution in [0.3, 0.4) is 0 Å². The Hall–Kier alpha value is -1.91. The fraction of sp³-hybridized carbons (Fsp3) is 0.235. The maximum absolute atomic E-state index is 11.8. The van der Waals surface area contributed by atoms with E-state index >= 15 is 0 Å². The molecule has 0 aliphatic carbocycles. The quantitative estimate of drug-likeness (QED) is 0.824. The van der Waals surface area contributed by atoms with Crippen LogP contribution in [0.15, 0.2) is 42.5 Å². The Morgan fingerprint density at radius 1 is 1.04 bits per heavy atom. The van der Waals surface area contributed by atoms with Crippen LogP contribution in [0.2, 0.25) is 10.0 Å². The summed E-state index contributed by atoms with van der Waals surface area (Å²) in [5.74, 6) is 1.08. The molecule has 0 aliphatic heterocycles. The largest absolute Gasteiger partial charge is 0.497 e. The molecule has 0 atom stereocenters. The Balaban J connectivity index is 1.72. The average Bonchev–Trinajstić information content (AvgIpc) is 2.53. The number of carbonyl (C=O) groups is 1. The minimum absolute atomic E-state index is 0.0840. The molecule has 0 heterocycles. The fourth-order valence-corrected chi connectivity index (χ4v) is 2.46. The lowest BCUT2D eigenvalue weighted by molar-refractivity contribution is -0.123. The summed E-state index contributed by atoms with van der Waals surface area (Å²) in [5, 5.41) is 3.73. The molecule has 2 aromatic carbocycles. The van der Waals surface area contributed by atoms with E-state index in [1.165, 1.54) is 0 Å². The van der Waals surface area contributed by atoms with Crippen molar-refractivity contribution in [3.8, 4) is 11.5 Å². The summed E-state index contributed by atoms with van der Waals surface area (Å²) in [5.41, 5.74) is 1.12. The van der Waals surface area contributed by atoms with Crippen LogP contribution in [0.25, 0.3) is 0 Å². The number of methoxy groups -OCH3 is 1. The third-order valence-corrected chi connectivity index (χ3v) is 3.54. The van der Waals surface area contributed by atoms with E-state index in [1.54, 1.807) is 25.3 Å². The number of amides is 1. The average molecular weight is 354 g/mol. The molecule has 2 rings (SSSR count). The molecule has 0 radical (unpaired) electrons. The van der Waals surface area contributed by atoms with Gasteiger partial charge in [-0.1, -0.05) is 35.3 Å². The van der Waals surface area contributed by atoms with Crippen LogP contribution in [0, 0.1) is 0 Å². The monoisotopic (exact) mass is 353 g/mol. The first-order valence-electron chi connectivity index (χ1n) is 7.05. The van der Waals surface area contributed by atoms with Crippen LogP contribution in [0.1, 0.15) is 5.56 Å². The van der Waals surface area contributed by atoms with Gasteiger partial charge >= 0.3 is 0 Å². The first kappa shape index (κ1) is 17.4. The molecular formula is C17H17Cl2NO3. The molecule has 0 aromatic heterocycles. The van der Waals surface area contributed by atoms with Crippen molar-refractivity contribution in [2.24, 2.45) is 0 Å². The van der Waals surface area contributed by atoms with Crippen molar-refractivity contribution in [2.45, 2.75) is 6.42 Å². The van der Waals surface area contributed by atoms with E-state index in [2.05, 4.69) is 5.32 Å². The van der Waals surface area contributed by atoms with Crippen molar-refractivity contribution in [3.05, 3.63) is 58.1 Å². The summed E-state index contributed by atoms with van der Waals surface area (Å²) < 4.78 is 10.5. The normalized spacial score (nSPS) is 10.2. The Morgan fingerprint density at radius 3 is 2.30 bits per heavy atom. The van der Waals surface area contributed by atoms with Crippen molar-refractivity contribution < 1.29 is 14.3 Å². The van der Waals surface area contributed by atoms with E-state index in [9.17, 15) is 4.79 Å². The van der Waals surface area contributed by atoms with Crippen LogP contribution in [-0.2, 0) is 11.2 Å². The summed E-state index contributed by atoms with van der Waals surface area (Å²) in [6.45, 7) is 0.449. The number of rotatable bonds is 7. The van der Waals surface area contributed by atoms with Crippen LogP contribution in [-0.4, -0.2) is 26.2 Å². The Morgan fingerprint density at radius 2 is 1.70 bits per heavy atom. The van der Waals surface area contributed by atoms with Gasteiger partial charge < -0.3 is 14.8 Å². The second kappa shape index (κ2) is 8.65. The van der Waals surface area contributed by atoms with Crippen molar-refractivity contribution in [2.75, 3.05) is 20.3 Å². The van der Waals surface area contributed by atoms with E-state index in [0.717, 1.165) is 17.7 Å². The van der Waals surface area contributed by atoms with Gasteiger partial charge in [0.2, 0.25) is 0 Å². The van der Waals surface area contributed by atoms with Gasteiger partial charge in [0.25, 0.3) is 5.91 Å². The van der Waals surface area contributed by atoms with Gasteiger partial charge in [0.15, 0.2) is 6.61 Å². The summed E-state index contributed by atoms with van der Waals surface area (Å²) in [4.78, 5) is 11.8. The zero-order valence-corrected chi connectivity index (χ0v) is 14.2. The summed E-state index contributed by atoms with van der Waals surface area (Å²) in [7, 11) is 1.63. The highest BCUT2D eigenvalue weighted by Crippen LogP contribution is 2.24. The van der Waals surface area contributed by atoms with Crippen LogP contribution in [0.5, 0.6) is 11.5 Å². The number of nitrogens with one attached hydrogen (secondary N) is 1. The molecule has 4 nitrogen and oxygen atoms in total. The Labute approximate surface area is 145 Å². The first-order valence-corrected chi connectivity index (χ1v) is 7.81. The molecule has 1 amide bonds. The maximum atomic E-state index is 11.8. The Bertz CT molecular complexity index is 639. The second-order valence-electron chi connectivity index (χ2n) is 4.84. The van der Waals surface area contributed by atoms with Gasteiger partial charge in [-0.2, -0.15) is 0 Å². The molecule has 6 heteroatoms. The first-order chi connectivity index (χ1) is 11.1. The molecule has 2 aromatic rings. The zero-order valence-electron chi connectivity index (χ0n) is 12.6. The summed E-state index contributed by atoms with van der Waals surface area (Å²) in [6.07, 6.45) is 0.735. The number of hydrogen-bond donors (Lipinski definition) is 1. The number of benzene rings is 2. The van der Waals surface area contributed by atoms with Crippen molar-refractivity contribution in [1.82, 2.24) is 5.32 Å². The van der Waals surface area contributed by atoms with Gasteiger partial charge in [-0.25, -0.2) is 0 Å². The maximum Gasteiger partial charge on any atom is 0.257 e. The minimum atomic E-state index is -0.199. The smallest absolute Gasteiger partial charge is 0.257 e. The number of carbonyl (C=O) groups excluding carboxylic acids is 1. The third-order valence-electron chi connectivity index (χ3n) is 3.10. The lowest BCUT2D eigenvalue weighted by Crippen LogP contribution is -2.30. The van der Waals surface area contributed by atoms with Crippen molar-refractivity contribution in [1.29, 1.82) is 0 Å². The van der Waals surface area contributed by atoms with Gasteiger partial charge in [0.05, 0.1) is 7.11 Å². The lowest BCUT2D eigenvalue weighted by atomic mass is 10.1. The van der Waals surface area contributed by atoms with E-state index < -0.39 is 0 Å². The van der Waals surface area contributed by atoms with E-state index in [1.807, 2.05) is 24.3 Å². The molecular weight excluding hydrogens is 337 g/mol. The predicted molar refractivity (Wildman–Crippen MR) is 91.7 cm³/mol. The van der Waals surface area contributed by atoms with Crippen molar-refractivity contribution >= 4 is 29.1 Å². The van der Waals surface area contributed by atoms with Gasteiger partial charge in [-0.05, 0) is 42.3 Å². The van der Waals surface area contributed by atoms with Crippen molar-refractivity contribution in [3.63, 3.8) is 0 Å². The molecule has 0 aliphatic rings. The topological polar surface area (TPSA) is 47.6 Å². The molecule has 23 heavy (non-hydrogen) atoms. The molecule has 0 bridgehead atoms. The lowest BCUT2D eigenvalue weighted by Gasteiger charge is -2.08. The summed E-state index contributed by atoms with van der Waals surface area (Å²) >= 11 is 11.7. The van der Waals surface area contributed by atoms with Gasteiger partial charge in [-0.15, -0.1) is 0 Å². The minimum Gasteiger partial charge on any atom is -0.497 e. The van der Waals surface area contributed by atoms with Gasteiger partial charge in [0.1, 0.15) is 11.5 Å². The predicted octanol–water partition coefficient (Wildman–Crippen LogP) is 3.74. The molecule has 0 saturated carbocycles. The zero-order chi connectivity index (χ0) is 16.7. The highest BCUT2D eigenvalue weighted by Gasteiger charge is 2.04. The molecule has 0 saturated heterocycles.